The molecule has 0 aromatic heterocycles. The van der Waals surface area contributed by atoms with Crippen LogP contribution in [-0.4, -0.2) is 0 Å². The van der Waals surface area contributed by atoms with Gasteiger partial charge in [0, 0.05) is 0 Å². The Hall–Kier alpha value is -0.496. The maximum absolute atomic E-state index is 2.39. The Labute approximate surface area is 181 Å². The fraction of sp³-hybridized carbons (Fsp3) is 0.238. The summed E-state index contributed by atoms with van der Waals surface area (Å²) in [5.74, 6) is 0. The van der Waals surface area contributed by atoms with Crippen LogP contribution < -0.4 is 37.2 Å². The van der Waals surface area contributed by atoms with Crippen molar-refractivity contribution >= 4 is 0 Å². The van der Waals surface area contributed by atoms with Crippen molar-refractivity contribution < 1.29 is 57.7 Å². The zero-order chi connectivity index (χ0) is 15.8. The molecule has 0 amide bonds. The number of allylic oxidation sites excluding steroid dienone is 4. The van der Waals surface area contributed by atoms with E-state index in [1.54, 1.807) is 0 Å². The standard InChI is InChI=1S/C21H21.3ClH.Ti/c1-16-14-15-20(17(16)2)21(3,18-10-6-4-7-11-18)19-12-8-5-9-13-19;;;;/h4-15H,1-3H3;3*1H;/q;;;;+3/p-3. The van der Waals surface area contributed by atoms with E-state index in [1.165, 1.54) is 22.3 Å². The van der Waals surface area contributed by atoms with E-state index in [1.807, 2.05) is 0 Å². The molecule has 0 nitrogen and oxygen atoms in total. The summed E-state index contributed by atoms with van der Waals surface area (Å²) in [6.45, 7) is 6.87. The average molecular weight is 428 g/mol. The third-order valence-corrected chi connectivity index (χ3v) is 6.88. The summed E-state index contributed by atoms with van der Waals surface area (Å²) in [5, 5.41) is 0. The van der Waals surface area contributed by atoms with Crippen LogP contribution in [0.5, 0.6) is 0 Å². The van der Waals surface area contributed by atoms with Crippen LogP contribution in [0.3, 0.4) is 0 Å². The first kappa shape index (κ1) is 24.5. The predicted molar refractivity (Wildman–Crippen MR) is 89.5 cm³/mol. The van der Waals surface area contributed by atoms with Gasteiger partial charge in [0.15, 0.2) is 0 Å². The molecule has 0 bridgehead atoms. The molecule has 130 valence electrons. The molecule has 3 rings (SSSR count). The van der Waals surface area contributed by atoms with Gasteiger partial charge in [0.05, 0.1) is 0 Å². The molecule has 1 atom stereocenters. The summed E-state index contributed by atoms with van der Waals surface area (Å²) >= 11 is 2.37. The van der Waals surface area contributed by atoms with Crippen LogP contribution in [0.4, 0.5) is 0 Å². The summed E-state index contributed by atoms with van der Waals surface area (Å²) in [6, 6.07) is 21.8. The van der Waals surface area contributed by atoms with E-state index in [0.717, 1.165) is 0 Å². The molecule has 25 heavy (non-hydrogen) atoms. The molecule has 1 unspecified atom stereocenters. The molecule has 0 fully saturated rings. The van der Waals surface area contributed by atoms with E-state index in [-0.39, 0.29) is 46.4 Å². The maximum atomic E-state index is 2.39. The number of benzene rings is 2. The molecule has 0 N–H and O–H groups in total. The fourth-order valence-corrected chi connectivity index (χ4v) is 4.41. The molecule has 1 aliphatic rings. The largest absolute Gasteiger partial charge is 1.00 e. The van der Waals surface area contributed by atoms with Crippen molar-refractivity contribution in [2.45, 2.75) is 29.9 Å². The Morgan fingerprint density at radius 1 is 0.760 bits per heavy atom. The molecule has 0 saturated heterocycles. The predicted octanol–water partition coefficient (Wildman–Crippen LogP) is -3.38. The Morgan fingerprint density at radius 2 is 1.16 bits per heavy atom. The normalized spacial score (nSPS) is 18.9. The second-order valence-electron chi connectivity index (χ2n) is 6.31. The van der Waals surface area contributed by atoms with Gasteiger partial charge in [-0.1, -0.05) is 0 Å². The minimum atomic E-state index is -0.0894. The van der Waals surface area contributed by atoms with E-state index >= 15 is 0 Å². The van der Waals surface area contributed by atoms with Gasteiger partial charge in [-0.25, -0.2) is 0 Å². The van der Waals surface area contributed by atoms with Gasteiger partial charge in [-0.15, -0.1) is 0 Å². The monoisotopic (exact) mass is 426 g/mol. The molecule has 0 radical (unpaired) electrons. The minimum absolute atomic E-state index is 0. The van der Waals surface area contributed by atoms with E-state index < -0.39 is 0 Å². The molecule has 0 heterocycles. The average Bonchev–Trinajstić information content (AvgIpc) is 2.84. The van der Waals surface area contributed by atoms with Crippen molar-refractivity contribution in [2.75, 3.05) is 0 Å². The molecule has 0 saturated carbocycles. The van der Waals surface area contributed by atoms with Crippen LogP contribution in [0.15, 0.2) is 84.0 Å². The van der Waals surface area contributed by atoms with Gasteiger partial charge in [0.25, 0.3) is 0 Å². The van der Waals surface area contributed by atoms with Crippen LogP contribution in [0.1, 0.15) is 31.9 Å². The van der Waals surface area contributed by atoms with Crippen LogP contribution >= 0.6 is 0 Å². The van der Waals surface area contributed by atoms with Crippen LogP contribution in [0.25, 0.3) is 0 Å². The van der Waals surface area contributed by atoms with Gasteiger partial charge >= 0.3 is 145 Å². The Bertz CT molecular complexity index is 699. The van der Waals surface area contributed by atoms with Crippen LogP contribution in [-0.2, 0) is 25.9 Å². The molecular formula is C21H21Cl3Ti. The molecule has 1 aliphatic carbocycles. The van der Waals surface area contributed by atoms with Crippen molar-refractivity contribution in [3.05, 3.63) is 95.1 Å². The van der Waals surface area contributed by atoms with E-state index in [9.17, 15) is 0 Å². The maximum Gasteiger partial charge on any atom is -1.00 e. The van der Waals surface area contributed by atoms with Crippen molar-refractivity contribution in [3.8, 4) is 0 Å². The minimum Gasteiger partial charge on any atom is -1.00 e. The van der Waals surface area contributed by atoms with E-state index in [4.69, 9.17) is 0 Å². The summed E-state index contributed by atoms with van der Waals surface area (Å²) in [4.78, 5) is 0. The topological polar surface area (TPSA) is 0 Å². The number of hydrogen-bond acceptors (Lipinski definition) is 0. The van der Waals surface area contributed by atoms with Gasteiger partial charge in [-0.05, 0) is 0 Å². The van der Waals surface area contributed by atoms with Crippen molar-refractivity contribution in [1.82, 2.24) is 0 Å². The third kappa shape index (κ3) is 3.94. The summed E-state index contributed by atoms with van der Waals surface area (Å²) < 4.78 is -0.0141. The van der Waals surface area contributed by atoms with E-state index in [0.29, 0.717) is 0 Å². The molecular weight excluding hydrogens is 406 g/mol. The van der Waals surface area contributed by atoms with Crippen molar-refractivity contribution in [2.24, 2.45) is 0 Å². The van der Waals surface area contributed by atoms with Gasteiger partial charge in [-0.3, -0.25) is 0 Å². The van der Waals surface area contributed by atoms with Gasteiger partial charge < -0.3 is 37.2 Å². The second-order valence-corrected chi connectivity index (χ2v) is 7.54. The third-order valence-electron chi connectivity index (χ3n) is 5.26. The summed E-state index contributed by atoms with van der Waals surface area (Å²) in [7, 11) is 0. The fourth-order valence-electron chi connectivity index (χ4n) is 3.52. The number of halogens is 3. The Balaban J connectivity index is 0.00000192. The van der Waals surface area contributed by atoms with Crippen LogP contribution in [0.2, 0.25) is 3.72 Å². The van der Waals surface area contributed by atoms with Gasteiger partial charge in [-0.2, -0.15) is 0 Å². The number of hydrogen-bond donors (Lipinski definition) is 0. The smallest absolute Gasteiger partial charge is 1.00 e. The zero-order valence-corrected chi connectivity index (χ0v) is 18.4. The zero-order valence-electron chi connectivity index (χ0n) is 14.6. The Kier molecular flexibility index (Phi) is 9.26. The first-order valence-electron chi connectivity index (χ1n) is 7.73. The molecule has 0 aliphatic heterocycles. The summed E-state index contributed by atoms with van der Waals surface area (Å²) in [6.07, 6.45) is 4.66. The molecule has 2 aromatic carbocycles. The SMILES string of the molecule is CC1=C(C)[C]([Ti+3])(C(C)(c2ccccc2)c2ccccc2)C=C1.[Cl-].[Cl-].[Cl-]. The molecule has 2 aromatic rings. The quantitative estimate of drug-likeness (QED) is 0.449. The molecule has 4 heteroatoms. The van der Waals surface area contributed by atoms with E-state index in [2.05, 4.69) is 114 Å². The van der Waals surface area contributed by atoms with Gasteiger partial charge in [0.1, 0.15) is 0 Å². The molecule has 0 spiro atoms. The number of rotatable bonds is 3. The van der Waals surface area contributed by atoms with Gasteiger partial charge in [0.2, 0.25) is 0 Å². The van der Waals surface area contributed by atoms with Crippen molar-refractivity contribution in [3.63, 3.8) is 0 Å². The first-order chi connectivity index (χ1) is 10.5. The first-order valence-corrected chi connectivity index (χ1v) is 8.51. The summed E-state index contributed by atoms with van der Waals surface area (Å²) in [5.41, 5.74) is 5.49. The van der Waals surface area contributed by atoms with Crippen molar-refractivity contribution in [1.29, 1.82) is 0 Å². The second kappa shape index (κ2) is 9.44. The Morgan fingerprint density at radius 3 is 1.48 bits per heavy atom. The van der Waals surface area contributed by atoms with Crippen LogP contribution in [0, 0.1) is 0 Å².